The summed E-state index contributed by atoms with van der Waals surface area (Å²) in [6, 6.07) is 0. The van der Waals surface area contributed by atoms with Crippen molar-refractivity contribution in [2.75, 3.05) is 13.2 Å². The van der Waals surface area contributed by atoms with Crippen LogP contribution in [-0.2, 0) is 28.5 Å². The summed E-state index contributed by atoms with van der Waals surface area (Å²) in [4.78, 5) is 50.7. The van der Waals surface area contributed by atoms with E-state index in [9.17, 15) is 36.7 Å². The number of nitrogens with zero attached hydrogens (tertiary/aromatic N) is 4. The lowest BCUT2D eigenvalue weighted by atomic mass is 10.0. The van der Waals surface area contributed by atoms with Gasteiger partial charge in [-0.1, -0.05) is 16.8 Å². The van der Waals surface area contributed by atoms with Crippen molar-refractivity contribution in [3.05, 3.63) is 25.3 Å². The van der Waals surface area contributed by atoms with E-state index in [2.05, 4.69) is 40.0 Å². The molecular weight excluding hydrogens is 732 g/mol. The Morgan fingerprint density at radius 2 is 1.25 bits per heavy atom. The molecule has 0 radical (unpaired) electrons. The van der Waals surface area contributed by atoms with E-state index < -0.39 is 82.9 Å². The molecule has 0 aromatic rings. The number of ether oxygens (including phenoxy) is 4. The van der Waals surface area contributed by atoms with Gasteiger partial charge in [0.25, 0.3) is 0 Å². The fourth-order valence-corrected chi connectivity index (χ4v) is 5.17. The first-order valence-corrected chi connectivity index (χ1v) is 17.3. The standard InChI is InChI=1S/C22H35F2NO6.C12H19F2NO2.ClHN4/c1-9-11-12-21(23,24)13-15-14-22(15,16(26)29-10-2)25(17(27)30-19(3,4)5)18(28)31-20(6,7)8;1-3-5-6-11(13,14)7-9-8-12(9,15)10(16)17-4-2;1-3-5-4-2/h9,15H,1,10-14H2,2-8H3;3,9H,1,4-8,15H2,2H3;2H/t15-,22-;9-,12-;/m11./s1. The molecule has 0 aromatic heterocycles. The van der Waals surface area contributed by atoms with Gasteiger partial charge in [-0.3, -0.25) is 4.79 Å². The van der Waals surface area contributed by atoms with E-state index in [0.29, 0.717) is 4.90 Å². The molecule has 2 amide bonds. The third-order valence-corrected chi connectivity index (χ3v) is 7.73. The number of hydrogen-bond acceptors (Lipinski definition) is 11. The normalized spacial score (nSPS) is 22.1. The van der Waals surface area contributed by atoms with E-state index in [0.717, 1.165) is 0 Å². The number of nitrogens with one attached hydrogen (secondary N) is 1. The summed E-state index contributed by atoms with van der Waals surface area (Å²) in [6.07, 6.45) is -0.712. The average Bonchev–Trinajstić information content (AvgIpc) is 3.89. The number of allylic oxidation sites excluding steroid dienone is 2. The second-order valence-electron chi connectivity index (χ2n) is 14.5. The van der Waals surface area contributed by atoms with Gasteiger partial charge in [0, 0.05) is 31.6 Å². The first-order chi connectivity index (χ1) is 24.3. The third kappa shape index (κ3) is 16.9. The lowest BCUT2D eigenvalue weighted by molar-refractivity contribution is -0.152. The number of imide groups is 1. The van der Waals surface area contributed by atoms with Crippen molar-refractivity contribution in [2.24, 2.45) is 32.6 Å². The lowest BCUT2D eigenvalue weighted by Gasteiger charge is -2.33. The van der Waals surface area contributed by atoms with Crippen LogP contribution in [0.1, 0.15) is 107 Å². The quantitative estimate of drug-likeness (QED) is 0.0383. The van der Waals surface area contributed by atoms with Crippen LogP contribution < -0.4 is 5.73 Å². The Morgan fingerprint density at radius 3 is 1.58 bits per heavy atom. The van der Waals surface area contributed by atoms with Crippen LogP contribution in [0.5, 0.6) is 0 Å². The van der Waals surface area contributed by atoms with Gasteiger partial charge in [0.15, 0.2) is 5.54 Å². The monoisotopic (exact) mass is 786 g/mol. The smallest absolute Gasteiger partial charge is 0.420 e. The number of carbonyl (C=O) groups excluding carboxylic acids is 4. The first kappa shape index (κ1) is 49.3. The molecule has 14 nitrogen and oxygen atoms in total. The molecule has 0 aromatic carbocycles. The molecule has 53 heavy (non-hydrogen) atoms. The van der Waals surface area contributed by atoms with Crippen molar-refractivity contribution >= 4 is 35.9 Å². The van der Waals surface area contributed by atoms with Crippen molar-refractivity contribution in [1.82, 2.24) is 4.90 Å². The molecule has 304 valence electrons. The zero-order chi connectivity index (χ0) is 41.5. The van der Waals surface area contributed by atoms with E-state index in [-0.39, 0.29) is 51.7 Å². The molecule has 0 unspecified atom stereocenters. The average molecular weight is 787 g/mol. The second-order valence-corrected chi connectivity index (χ2v) is 14.7. The minimum Gasteiger partial charge on any atom is -0.465 e. The van der Waals surface area contributed by atoms with E-state index in [1.54, 1.807) is 55.4 Å². The number of halogens is 5. The molecule has 0 spiro atoms. The number of rotatable bonds is 16. The van der Waals surface area contributed by atoms with Gasteiger partial charge >= 0.3 is 24.1 Å². The summed E-state index contributed by atoms with van der Waals surface area (Å²) in [5.74, 6) is -8.86. The molecule has 2 fully saturated rings. The predicted molar refractivity (Wildman–Crippen MR) is 187 cm³/mol. The van der Waals surface area contributed by atoms with Gasteiger partial charge < -0.3 is 24.7 Å². The van der Waals surface area contributed by atoms with Crippen LogP contribution in [-0.4, -0.2) is 76.4 Å². The van der Waals surface area contributed by atoms with Gasteiger partial charge in [0.05, 0.1) is 25.0 Å². The van der Waals surface area contributed by atoms with Crippen LogP contribution in [0.15, 0.2) is 40.4 Å². The number of hydrogen-bond donors (Lipinski definition) is 2. The molecule has 4 atom stereocenters. The van der Waals surface area contributed by atoms with Crippen molar-refractivity contribution in [2.45, 2.75) is 141 Å². The van der Waals surface area contributed by atoms with E-state index in [1.807, 2.05) is 0 Å². The van der Waals surface area contributed by atoms with Gasteiger partial charge in [-0.05, 0) is 97.4 Å². The first-order valence-electron chi connectivity index (χ1n) is 17.0. The van der Waals surface area contributed by atoms with Crippen LogP contribution in [0.4, 0.5) is 27.2 Å². The summed E-state index contributed by atoms with van der Waals surface area (Å²) in [7, 11) is 0. The summed E-state index contributed by atoms with van der Waals surface area (Å²) in [5, 5.41) is 5.08. The molecule has 2 saturated carbocycles. The molecule has 0 bridgehead atoms. The number of nitrogens with two attached hydrogens (primary N) is 1. The largest absolute Gasteiger partial charge is 0.465 e. The SMILES string of the molecule is C=CCCC(F)(F)C[C@@H]1C[C@@]1(C(=O)OCC)N(C(=O)OC(C)(C)C)C(=O)OC(C)(C)C.C=CCCC(F)(F)C[C@@H]1C[C@]1(N)C(=O)OCC.N=NN=NCl. The molecule has 0 aliphatic heterocycles. The predicted octanol–water partition coefficient (Wildman–Crippen LogP) is 9.27. The highest BCUT2D eigenvalue weighted by Crippen LogP contribution is 2.55. The number of amides is 2. The fourth-order valence-electron chi connectivity index (χ4n) is 5.13. The minimum atomic E-state index is -3.11. The van der Waals surface area contributed by atoms with E-state index in [4.69, 9.17) is 30.2 Å². The number of alkyl halides is 4. The van der Waals surface area contributed by atoms with Crippen molar-refractivity contribution < 1.29 is 55.7 Å². The number of carbonyl (C=O) groups is 4. The highest BCUT2D eigenvalue weighted by atomic mass is 35.5. The van der Waals surface area contributed by atoms with Gasteiger partial charge in [-0.2, -0.15) is 10.4 Å². The van der Waals surface area contributed by atoms with E-state index in [1.165, 1.54) is 12.2 Å². The maximum atomic E-state index is 14.5. The minimum absolute atomic E-state index is 0.0450. The van der Waals surface area contributed by atoms with Crippen LogP contribution in [0, 0.1) is 17.4 Å². The Morgan fingerprint density at radius 1 is 0.830 bits per heavy atom. The molecule has 2 aliphatic rings. The van der Waals surface area contributed by atoms with E-state index >= 15 is 0 Å². The molecule has 0 heterocycles. The van der Waals surface area contributed by atoms with Crippen LogP contribution in [0.25, 0.3) is 0 Å². The van der Waals surface area contributed by atoms with Crippen LogP contribution >= 0.6 is 11.8 Å². The highest BCUT2D eigenvalue weighted by Gasteiger charge is 2.71. The maximum Gasteiger partial charge on any atom is 0.420 e. The molecule has 3 N–H and O–H groups in total. The maximum absolute atomic E-state index is 14.5. The summed E-state index contributed by atoms with van der Waals surface area (Å²) < 4.78 is 78.8. The Hall–Kier alpha value is -3.67. The van der Waals surface area contributed by atoms with Gasteiger partial charge in [-0.15, -0.1) is 13.2 Å². The summed E-state index contributed by atoms with van der Waals surface area (Å²) in [5.41, 5.74) is 6.53. The highest BCUT2D eigenvalue weighted by molar-refractivity contribution is 6.13. The topological polar surface area (TPSA) is 195 Å². The lowest BCUT2D eigenvalue weighted by Crippen LogP contribution is -2.55. The second kappa shape index (κ2) is 20.7. The van der Waals surface area contributed by atoms with Crippen molar-refractivity contribution in [1.29, 1.82) is 5.53 Å². The zero-order valence-electron chi connectivity index (χ0n) is 31.8. The fraction of sp³-hybridized carbons (Fsp3) is 0.765. The summed E-state index contributed by atoms with van der Waals surface area (Å²) >= 11 is 4.55. The molecule has 19 heteroatoms. The van der Waals surface area contributed by atoms with Crippen molar-refractivity contribution in [3.8, 4) is 0 Å². The van der Waals surface area contributed by atoms with Crippen LogP contribution in [0.2, 0.25) is 0 Å². The summed E-state index contributed by atoms with van der Waals surface area (Å²) in [6.45, 7) is 19.8. The Bertz CT molecular complexity index is 1280. The molecule has 0 saturated heterocycles. The van der Waals surface area contributed by atoms with Crippen LogP contribution in [0.3, 0.4) is 0 Å². The Kier molecular flexibility index (Phi) is 19.3. The Balaban J connectivity index is 0.00000102. The van der Waals surface area contributed by atoms with Gasteiger partial charge in [0.1, 0.15) is 16.7 Å². The molecule has 2 rings (SSSR count). The Labute approximate surface area is 313 Å². The van der Waals surface area contributed by atoms with Gasteiger partial charge in [0.2, 0.25) is 11.8 Å². The van der Waals surface area contributed by atoms with Crippen molar-refractivity contribution in [3.63, 3.8) is 0 Å². The zero-order valence-corrected chi connectivity index (χ0v) is 32.6. The third-order valence-electron chi connectivity index (χ3n) is 7.66. The molecule has 2 aliphatic carbocycles. The molecular formula is C34H55ClF4N6O8. The number of esters is 2. The van der Waals surface area contributed by atoms with Gasteiger partial charge in [-0.25, -0.2) is 31.9 Å².